The Bertz CT molecular complexity index is 453. The Morgan fingerprint density at radius 2 is 2.33 bits per heavy atom. The van der Waals surface area contributed by atoms with Crippen LogP contribution < -0.4 is 10.6 Å². The molecule has 1 aromatic rings. The third-order valence-electron chi connectivity index (χ3n) is 3.33. The lowest BCUT2D eigenvalue weighted by molar-refractivity contribution is -0.384. The Morgan fingerprint density at radius 3 is 3.00 bits per heavy atom. The fourth-order valence-electron chi connectivity index (χ4n) is 2.38. The summed E-state index contributed by atoms with van der Waals surface area (Å²) in [5.74, 6) is 0.428. The zero-order valence-electron chi connectivity index (χ0n) is 10.0. The zero-order chi connectivity index (χ0) is 13.1. The Hall–Kier alpha value is -1.14. The van der Waals surface area contributed by atoms with Crippen LogP contribution in [0, 0.1) is 16.0 Å². The lowest BCUT2D eigenvalue weighted by atomic mass is 9.97. The molecule has 1 aromatic carbocycles. The highest BCUT2D eigenvalue weighted by atomic mass is 79.9. The molecule has 0 radical (unpaired) electrons. The fourth-order valence-corrected chi connectivity index (χ4v) is 2.73. The van der Waals surface area contributed by atoms with Crippen LogP contribution in [0.2, 0.25) is 0 Å². The summed E-state index contributed by atoms with van der Waals surface area (Å²) in [5.41, 5.74) is 6.55. The van der Waals surface area contributed by atoms with Crippen LogP contribution in [-0.4, -0.2) is 24.6 Å². The summed E-state index contributed by atoms with van der Waals surface area (Å²) in [7, 11) is 0. The van der Waals surface area contributed by atoms with Gasteiger partial charge < -0.3 is 10.6 Å². The van der Waals surface area contributed by atoms with E-state index in [1.54, 1.807) is 12.1 Å². The highest BCUT2D eigenvalue weighted by Gasteiger charge is 2.24. The van der Waals surface area contributed by atoms with Crippen LogP contribution in [0.5, 0.6) is 0 Å². The van der Waals surface area contributed by atoms with Crippen LogP contribution >= 0.6 is 15.9 Å². The minimum absolute atomic E-state index is 0.163. The molecule has 0 saturated carbocycles. The first kappa shape index (κ1) is 13.3. The van der Waals surface area contributed by atoms with E-state index in [1.807, 2.05) is 6.07 Å². The molecule has 1 unspecified atom stereocenters. The van der Waals surface area contributed by atoms with Crippen molar-refractivity contribution in [2.45, 2.75) is 12.8 Å². The van der Waals surface area contributed by atoms with Crippen molar-refractivity contribution in [3.05, 3.63) is 32.8 Å². The van der Waals surface area contributed by atoms with Crippen molar-refractivity contribution in [3.63, 3.8) is 0 Å². The van der Waals surface area contributed by atoms with Gasteiger partial charge in [-0.25, -0.2) is 0 Å². The molecular weight excluding hydrogens is 298 g/mol. The lowest BCUT2D eigenvalue weighted by Gasteiger charge is -2.33. The van der Waals surface area contributed by atoms with Crippen molar-refractivity contribution in [3.8, 4) is 0 Å². The van der Waals surface area contributed by atoms with Gasteiger partial charge in [0.2, 0.25) is 0 Å². The van der Waals surface area contributed by atoms with Crippen molar-refractivity contribution >= 4 is 27.3 Å². The number of piperidine rings is 1. The normalized spacial score (nSPS) is 19.9. The van der Waals surface area contributed by atoms with E-state index in [0.717, 1.165) is 30.4 Å². The van der Waals surface area contributed by atoms with Gasteiger partial charge in [-0.1, -0.05) is 15.9 Å². The predicted octanol–water partition coefficient (Wildman–Crippen LogP) is 2.53. The third-order valence-corrected chi connectivity index (χ3v) is 3.82. The summed E-state index contributed by atoms with van der Waals surface area (Å²) in [6, 6.07) is 5.06. The molecular formula is C12H16BrN3O2. The van der Waals surface area contributed by atoms with Gasteiger partial charge in [0.1, 0.15) is 5.69 Å². The van der Waals surface area contributed by atoms with E-state index in [0.29, 0.717) is 18.2 Å². The van der Waals surface area contributed by atoms with Crippen molar-refractivity contribution in [1.29, 1.82) is 0 Å². The van der Waals surface area contributed by atoms with Gasteiger partial charge in [0.05, 0.1) is 4.92 Å². The smallest absolute Gasteiger partial charge is 0.292 e. The number of benzene rings is 1. The Kier molecular flexibility index (Phi) is 4.19. The molecule has 2 rings (SSSR count). The maximum atomic E-state index is 11.1. The minimum atomic E-state index is -0.326. The number of nitro benzene ring substituents is 1. The van der Waals surface area contributed by atoms with E-state index in [2.05, 4.69) is 20.8 Å². The van der Waals surface area contributed by atoms with Crippen LogP contribution in [-0.2, 0) is 0 Å². The summed E-state index contributed by atoms with van der Waals surface area (Å²) in [4.78, 5) is 12.8. The molecule has 1 atom stereocenters. The zero-order valence-corrected chi connectivity index (χ0v) is 11.6. The van der Waals surface area contributed by atoms with Crippen LogP contribution in [0.4, 0.5) is 11.4 Å². The number of nitrogens with two attached hydrogens (primary N) is 1. The fraction of sp³-hybridized carbons (Fsp3) is 0.500. The highest BCUT2D eigenvalue weighted by molar-refractivity contribution is 9.10. The van der Waals surface area contributed by atoms with Crippen molar-refractivity contribution in [2.24, 2.45) is 11.7 Å². The molecule has 98 valence electrons. The molecule has 1 saturated heterocycles. The minimum Gasteiger partial charge on any atom is -0.366 e. The van der Waals surface area contributed by atoms with Crippen LogP contribution in [0.3, 0.4) is 0 Å². The van der Waals surface area contributed by atoms with Gasteiger partial charge in [0.15, 0.2) is 0 Å². The average molecular weight is 314 g/mol. The Labute approximate surface area is 114 Å². The van der Waals surface area contributed by atoms with E-state index in [4.69, 9.17) is 5.73 Å². The molecule has 18 heavy (non-hydrogen) atoms. The summed E-state index contributed by atoms with van der Waals surface area (Å²) in [6.07, 6.45) is 2.14. The Balaban J connectivity index is 2.31. The summed E-state index contributed by atoms with van der Waals surface area (Å²) < 4.78 is 0.859. The monoisotopic (exact) mass is 313 g/mol. The first-order valence-electron chi connectivity index (χ1n) is 6.00. The molecule has 0 spiro atoms. The predicted molar refractivity (Wildman–Crippen MR) is 74.8 cm³/mol. The molecule has 6 heteroatoms. The lowest BCUT2D eigenvalue weighted by Crippen LogP contribution is -2.38. The van der Waals surface area contributed by atoms with Crippen molar-refractivity contribution in [2.75, 3.05) is 24.5 Å². The second-order valence-corrected chi connectivity index (χ2v) is 5.50. The first-order valence-corrected chi connectivity index (χ1v) is 6.80. The second kappa shape index (κ2) is 5.67. The standard InChI is InChI=1S/C12H16BrN3O2/c13-10-3-4-11(16(17)18)12(6-10)15-5-1-2-9(7-14)8-15/h3-4,6,9H,1-2,5,7-8,14H2. The molecule has 1 aliphatic rings. The van der Waals surface area contributed by atoms with Gasteiger partial charge in [-0.3, -0.25) is 10.1 Å². The molecule has 2 N–H and O–H groups in total. The largest absolute Gasteiger partial charge is 0.366 e. The van der Waals surface area contributed by atoms with Gasteiger partial charge in [-0.15, -0.1) is 0 Å². The van der Waals surface area contributed by atoms with E-state index in [-0.39, 0.29) is 10.6 Å². The van der Waals surface area contributed by atoms with E-state index in [9.17, 15) is 10.1 Å². The molecule has 0 amide bonds. The quantitative estimate of drug-likeness (QED) is 0.687. The van der Waals surface area contributed by atoms with Gasteiger partial charge in [-0.05, 0) is 37.4 Å². The second-order valence-electron chi connectivity index (χ2n) is 4.58. The Morgan fingerprint density at radius 1 is 1.56 bits per heavy atom. The molecule has 5 nitrogen and oxygen atoms in total. The maximum Gasteiger partial charge on any atom is 0.292 e. The van der Waals surface area contributed by atoms with Gasteiger partial charge in [0.25, 0.3) is 5.69 Å². The van der Waals surface area contributed by atoms with Crippen molar-refractivity contribution in [1.82, 2.24) is 0 Å². The maximum absolute atomic E-state index is 11.1. The third kappa shape index (κ3) is 2.81. The molecule has 0 bridgehead atoms. The van der Waals surface area contributed by atoms with Gasteiger partial charge >= 0.3 is 0 Å². The number of rotatable bonds is 3. The van der Waals surface area contributed by atoms with Gasteiger partial charge in [-0.2, -0.15) is 0 Å². The van der Waals surface area contributed by atoms with Crippen LogP contribution in [0.1, 0.15) is 12.8 Å². The molecule has 1 aliphatic heterocycles. The van der Waals surface area contributed by atoms with Crippen LogP contribution in [0.25, 0.3) is 0 Å². The van der Waals surface area contributed by atoms with E-state index < -0.39 is 0 Å². The summed E-state index contributed by atoms with van der Waals surface area (Å²) >= 11 is 3.37. The van der Waals surface area contributed by atoms with Crippen LogP contribution in [0.15, 0.2) is 22.7 Å². The number of hydrogen-bond acceptors (Lipinski definition) is 4. The number of nitro groups is 1. The SMILES string of the molecule is NCC1CCCN(c2cc(Br)ccc2[N+](=O)[O-])C1. The number of hydrogen-bond donors (Lipinski definition) is 1. The summed E-state index contributed by atoms with van der Waals surface area (Å²) in [5, 5.41) is 11.1. The first-order chi connectivity index (χ1) is 8.61. The summed E-state index contributed by atoms with van der Waals surface area (Å²) in [6.45, 7) is 2.29. The van der Waals surface area contributed by atoms with Gasteiger partial charge in [0, 0.05) is 23.6 Å². The van der Waals surface area contributed by atoms with E-state index in [1.165, 1.54) is 0 Å². The number of anilines is 1. The molecule has 1 fully saturated rings. The molecule has 0 aliphatic carbocycles. The van der Waals surface area contributed by atoms with E-state index >= 15 is 0 Å². The van der Waals surface area contributed by atoms with Crippen molar-refractivity contribution < 1.29 is 4.92 Å². The topological polar surface area (TPSA) is 72.4 Å². The molecule has 0 aromatic heterocycles. The average Bonchev–Trinajstić information content (AvgIpc) is 2.38. The number of halogens is 1. The highest BCUT2D eigenvalue weighted by Crippen LogP contribution is 2.33. The molecule has 1 heterocycles. The number of nitrogens with zero attached hydrogens (tertiary/aromatic N) is 2.